The predicted octanol–water partition coefficient (Wildman–Crippen LogP) is 2.20. The molecule has 2 N–H and O–H groups in total. The Bertz CT molecular complexity index is 468. The van der Waals surface area contributed by atoms with E-state index in [0.29, 0.717) is 12.1 Å². The van der Waals surface area contributed by atoms with Gasteiger partial charge in [0.05, 0.1) is 6.54 Å². The van der Waals surface area contributed by atoms with Crippen molar-refractivity contribution in [1.82, 2.24) is 25.3 Å². The third-order valence-electron chi connectivity index (χ3n) is 6.67. The third-order valence-corrected chi connectivity index (χ3v) is 6.67. The first kappa shape index (κ1) is 24.2. The Labute approximate surface area is 189 Å². The smallest absolute Gasteiger partial charge is 0.191 e. The van der Waals surface area contributed by atoms with E-state index >= 15 is 0 Å². The Kier molecular flexibility index (Phi) is 10.8. The molecule has 0 bridgehead atoms. The minimum Gasteiger partial charge on any atom is -0.357 e. The summed E-state index contributed by atoms with van der Waals surface area (Å²) in [5.41, 5.74) is 0. The summed E-state index contributed by atoms with van der Waals surface area (Å²) in [7, 11) is 4.45. The Morgan fingerprint density at radius 1 is 0.964 bits per heavy atom. The Morgan fingerprint density at radius 3 is 2.50 bits per heavy atom. The van der Waals surface area contributed by atoms with Crippen LogP contribution in [0.25, 0.3) is 0 Å². The van der Waals surface area contributed by atoms with Gasteiger partial charge in [-0.25, -0.2) is 0 Å². The highest BCUT2D eigenvalue weighted by Gasteiger charge is 2.27. The fraction of sp³-hybridized carbons (Fsp3) is 0.952. The molecule has 1 aliphatic carbocycles. The number of hydrogen-bond donors (Lipinski definition) is 2. The molecule has 7 heteroatoms. The molecule has 2 heterocycles. The van der Waals surface area contributed by atoms with Crippen LogP contribution in [0.2, 0.25) is 0 Å². The van der Waals surface area contributed by atoms with Crippen LogP contribution in [0.5, 0.6) is 0 Å². The zero-order chi connectivity index (χ0) is 19.1. The van der Waals surface area contributed by atoms with E-state index in [1.54, 1.807) is 0 Å². The number of nitrogens with one attached hydrogen (secondary N) is 2. The van der Waals surface area contributed by atoms with E-state index in [2.05, 4.69) is 46.4 Å². The van der Waals surface area contributed by atoms with E-state index in [1.165, 1.54) is 58.0 Å². The van der Waals surface area contributed by atoms with Gasteiger partial charge >= 0.3 is 0 Å². The van der Waals surface area contributed by atoms with E-state index in [4.69, 9.17) is 4.99 Å². The molecule has 164 valence electrons. The zero-order valence-electron chi connectivity index (χ0n) is 18.3. The van der Waals surface area contributed by atoms with Gasteiger partial charge in [-0.1, -0.05) is 19.3 Å². The van der Waals surface area contributed by atoms with E-state index < -0.39 is 0 Å². The standard InChI is InChI=1S/C21H42N6.HI/c1-4-22-21(23-15-20-17-25(2)13-14-26(20)3)24-18-9-8-12-27(16-18)19-10-6-5-7-11-19;/h18-20H,4-17H2,1-3H3,(H2,22,23,24);1H. The van der Waals surface area contributed by atoms with E-state index in [1.807, 2.05) is 0 Å². The van der Waals surface area contributed by atoms with Gasteiger partial charge in [0.2, 0.25) is 0 Å². The van der Waals surface area contributed by atoms with Crippen molar-refractivity contribution in [3.63, 3.8) is 0 Å². The lowest BCUT2D eigenvalue weighted by atomic mass is 9.92. The molecule has 28 heavy (non-hydrogen) atoms. The van der Waals surface area contributed by atoms with Crippen LogP contribution in [0.15, 0.2) is 4.99 Å². The monoisotopic (exact) mass is 506 g/mol. The summed E-state index contributed by atoms with van der Waals surface area (Å²) < 4.78 is 0. The second-order valence-corrected chi connectivity index (χ2v) is 8.89. The molecule has 0 aromatic heterocycles. The number of hydrogen-bond acceptors (Lipinski definition) is 4. The van der Waals surface area contributed by atoms with Gasteiger partial charge in [0.25, 0.3) is 0 Å². The van der Waals surface area contributed by atoms with E-state index in [9.17, 15) is 0 Å². The summed E-state index contributed by atoms with van der Waals surface area (Å²) in [6, 6.07) is 1.88. The lowest BCUT2D eigenvalue weighted by Gasteiger charge is -2.40. The number of likely N-dealkylation sites (tertiary alicyclic amines) is 1. The second-order valence-electron chi connectivity index (χ2n) is 8.89. The van der Waals surface area contributed by atoms with Gasteiger partial charge in [0, 0.05) is 50.8 Å². The van der Waals surface area contributed by atoms with E-state index in [-0.39, 0.29) is 24.0 Å². The zero-order valence-corrected chi connectivity index (χ0v) is 20.7. The van der Waals surface area contributed by atoms with Crippen molar-refractivity contribution in [3.8, 4) is 0 Å². The molecule has 6 nitrogen and oxygen atoms in total. The minimum atomic E-state index is 0. The highest BCUT2D eigenvalue weighted by molar-refractivity contribution is 14.0. The van der Waals surface area contributed by atoms with Crippen molar-refractivity contribution in [1.29, 1.82) is 0 Å². The maximum atomic E-state index is 4.96. The molecule has 2 saturated heterocycles. The Hall–Kier alpha value is -0.120. The number of aliphatic imine (C=N–C) groups is 1. The van der Waals surface area contributed by atoms with Crippen LogP contribution in [0.3, 0.4) is 0 Å². The second kappa shape index (κ2) is 12.5. The molecule has 3 rings (SSSR count). The molecule has 2 atom stereocenters. The first-order valence-corrected chi connectivity index (χ1v) is 11.3. The molecule has 0 radical (unpaired) electrons. The number of piperidine rings is 1. The molecular formula is C21H43IN6. The molecule has 0 amide bonds. The molecule has 0 aromatic rings. The highest BCUT2D eigenvalue weighted by atomic mass is 127. The van der Waals surface area contributed by atoms with Crippen molar-refractivity contribution >= 4 is 29.9 Å². The minimum absolute atomic E-state index is 0. The van der Waals surface area contributed by atoms with Gasteiger partial charge in [-0.3, -0.25) is 14.8 Å². The van der Waals surface area contributed by atoms with Crippen molar-refractivity contribution < 1.29 is 0 Å². The summed E-state index contributed by atoms with van der Waals surface area (Å²) in [6.07, 6.45) is 9.67. The molecule has 2 aliphatic heterocycles. The SMILES string of the molecule is CCNC(=NCC1CN(C)CCN1C)NC1CCCN(C2CCCCC2)C1.I. The lowest BCUT2D eigenvalue weighted by Crippen LogP contribution is -2.54. The van der Waals surface area contributed by atoms with Crippen LogP contribution < -0.4 is 10.6 Å². The first-order valence-electron chi connectivity index (χ1n) is 11.3. The average molecular weight is 507 g/mol. The van der Waals surface area contributed by atoms with Crippen molar-refractivity contribution in [2.24, 2.45) is 4.99 Å². The van der Waals surface area contributed by atoms with Gasteiger partial charge in [-0.2, -0.15) is 0 Å². The number of halogens is 1. The molecule has 0 spiro atoms. The van der Waals surface area contributed by atoms with E-state index in [0.717, 1.165) is 44.7 Å². The number of guanidine groups is 1. The van der Waals surface area contributed by atoms with Crippen LogP contribution in [0, 0.1) is 0 Å². The average Bonchev–Trinajstić information content (AvgIpc) is 2.69. The first-order chi connectivity index (χ1) is 13.2. The molecule has 2 unspecified atom stereocenters. The summed E-state index contributed by atoms with van der Waals surface area (Å²) >= 11 is 0. The van der Waals surface area contributed by atoms with Crippen LogP contribution >= 0.6 is 24.0 Å². The molecule has 1 saturated carbocycles. The molecule has 3 fully saturated rings. The quantitative estimate of drug-likeness (QED) is 0.340. The summed E-state index contributed by atoms with van der Waals surface area (Å²) in [4.78, 5) is 12.6. The third kappa shape index (κ3) is 7.29. The van der Waals surface area contributed by atoms with Crippen LogP contribution in [0.1, 0.15) is 51.9 Å². The molecular weight excluding hydrogens is 463 g/mol. The van der Waals surface area contributed by atoms with Crippen LogP contribution in [-0.4, -0.2) is 98.7 Å². The van der Waals surface area contributed by atoms with Gasteiger partial charge in [0.1, 0.15) is 0 Å². The van der Waals surface area contributed by atoms with Gasteiger partial charge < -0.3 is 15.5 Å². The van der Waals surface area contributed by atoms with Crippen LogP contribution in [0.4, 0.5) is 0 Å². The Morgan fingerprint density at radius 2 is 1.75 bits per heavy atom. The molecule has 0 aromatic carbocycles. The fourth-order valence-corrected chi connectivity index (χ4v) is 4.91. The van der Waals surface area contributed by atoms with Crippen LogP contribution in [-0.2, 0) is 0 Å². The van der Waals surface area contributed by atoms with Crippen molar-refractivity contribution in [2.75, 3.05) is 59.9 Å². The molecule has 3 aliphatic rings. The number of likely N-dealkylation sites (N-methyl/N-ethyl adjacent to an activating group) is 2. The maximum Gasteiger partial charge on any atom is 0.191 e. The van der Waals surface area contributed by atoms with Crippen molar-refractivity contribution in [3.05, 3.63) is 0 Å². The fourth-order valence-electron chi connectivity index (χ4n) is 4.91. The number of piperazine rings is 1. The van der Waals surface area contributed by atoms with Gasteiger partial charge in [-0.15, -0.1) is 24.0 Å². The highest BCUT2D eigenvalue weighted by Crippen LogP contribution is 2.25. The topological polar surface area (TPSA) is 46.1 Å². The Balaban J connectivity index is 0.00000280. The largest absolute Gasteiger partial charge is 0.357 e. The van der Waals surface area contributed by atoms with Crippen molar-refractivity contribution in [2.45, 2.75) is 70.0 Å². The number of rotatable bonds is 5. The summed E-state index contributed by atoms with van der Waals surface area (Å²) in [5.74, 6) is 1.01. The summed E-state index contributed by atoms with van der Waals surface area (Å²) in [5, 5.41) is 7.23. The van der Waals surface area contributed by atoms with Gasteiger partial charge in [-0.05, 0) is 53.2 Å². The lowest BCUT2D eigenvalue weighted by molar-refractivity contribution is 0.114. The van der Waals surface area contributed by atoms with Gasteiger partial charge in [0.15, 0.2) is 5.96 Å². The maximum absolute atomic E-state index is 4.96. The summed E-state index contributed by atoms with van der Waals surface area (Å²) in [6.45, 7) is 9.83. The predicted molar refractivity (Wildman–Crippen MR) is 130 cm³/mol. The normalized spacial score (nSPS) is 29.3. The number of nitrogens with zero attached hydrogens (tertiary/aromatic N) is 4.